The number of carbonyl (C=O) groups is 1. The molecule has 1 heterocycles. The zero-order chi connectivity index (χ0) is 20.8. The lowest BCUT2D eigenvalue weighted by molar-refractivity contribution is -0.115. The fraction of sp³-hybridized carbons (Fsp3) is 0.273. The van der Waals surface area contributed by atoms with Crippen LogP contribution in [0.15, 0.2) is 51.8 Å². The van der Waals surface area contributed by atoms with E-state index in [2.05, 4.69) is 41.2 Å². The highest BCUT2D eigenvalue weighted by Gasteiger charge is 2.22. The standard InChI is InChI=1S/C22H22BrNO3S2/c1-3-14(2)17-6-4-5-7-19(17)27-11-10-26-18-9-8-16(23)12-15(18)13-20-21(25)24-22(28)29-20/h4-9,12-14H,3,10-11H2,1-2H3,(H,24,25,28)/b20-13+/t14-/m1/s1. The Labute approximate surface area is 189 Å². The van der Waals surface area contributed by atoms with Gasteiger partial charge in [-0.1, -0.05) is 72.0 Å². The summed E-state index contributed by atoms with van der Waals surface area (Å²) < 4.78 is 13.3. The van der Waals surface area contributed by atoms with Crippen LogP contribution >= 0.6 is 39.9 Å². The predicted molar refractivity (Wildman–Crippen MR) is 127 cm³/mol. The molecule has 3 rings (SSSR count). The summed E-state index contributed by atoms with van der Waals surface area (Å²) in [6, 6.07) is 13.8. The number of ether oxygens (including phenoxy) is 2. The van der Waals surface area contributed by atoms with Crippen LogP contribution in [-0.4, -0.2) is 23.4 Å². The maximum Gasteiger partial charge on any atom is 0.263 e. The van der Waals surface area contributed by atoms with Gasteiger partial charge in [-0.25, -0.2) is 0 Å². The molecule has 2 aromatic carbocycles. The molecular weight excluding hydrogens is 470 g/mol. The molecule has 0 spiro atoms. The number of hydrogen-bond acceptors (Lipinski definition) is 5. The lowest BCUT2D eigenvalue weighted by Crippen LogP contribution is -2.17. The Morgan fingerprint density at radius 1 is 1.17 bits per heavy atom. The van der Waals surface area contributed by atoms with Crippen LogP contribution in [0, 0.1) is 0 Å². The van der Waals surface area contributed by atoms with Crippen LogP contribution in [0.5, 0.6) is 11.5 Å². The molecule has 2 aromatic rings. The molecule has 4 nitrogen and oxygen atoms in total. The molecule has 1 amide bonds. The van der Waals surface area contributed by atoms with Crippen molar-refractivity contribution in [2.75, 3.05) is 13.2 Å². The third kappa shape index (κ3) is 5.84. The molecular formula is C22H22BrNO3S2. The van der Waals surface area contributed by atoms with Gasteiger partial charge in [-0.15, -0.1) is 0 Å². The predicted octanol–water partition coefficient (Wildman–Crippen LogP) is 5.91. The summed E-state index contributed by atoms with van der Waals surface area (Å²) in [4.78, 5) is 12.5. The van der Waals surface area contributed by atoms with E-state index in [1.807, 2.05) is 36.4 Å². The minimum absolute atomic E-state index is 0.184. The summed E-state index contributed by atoms with van der Waals surface area (Å²) in [5, 5.41) is 2.63. The molecule has 0 bridgehead atoms. The minimum Gasteiger partial charge on any atom is -0.490 e. The third-order valence-electron chi connectivity index (χ3n) is 4.56. The van der Waals surface area contributed by atoms with Crippen LogP contribution in [0.4, 0.5) is 0 Å². The van der Waals surface area contributed by atoms with Crippen molar-refractivity contribution in [3.8, 4) is 11.5 Å². The van der Waals surface area contributed by atoms with E-state index in [9.17, 15) is 4.79 Å². The summed E-state index contributed by atoms with van der Waals surface area (Å²) in [6.45, 7) is 5.19. The normalized spacial score (nSPS) is 16.0. The SMILES string of the molecule is CC[C@@H](C)c1ccccc1OCCOc1ccc(Br)cc1/C=C1/SC(=S)NC1=O. The van der Waals surface area contributed by atoms with Crippen molar-refractivity contribution < 1.29 is 14.3 Å². The van der Waals surface area contributed by atoms with Gasteiger partial charge in [-0.05, 0) is 48.2 Å². The Bertz CT molecular complexity index is 945. The lowest BCUT2D eigenvalue weighted by atomic mass is 9.98. The highest BCUT2D eigenvalue weighted by Crippen LogP contribution is 2.31. The first-order chi connectivity index (χ1) is 14.0. The molecule has 1 saturated heterocycles. The summed E-state index contributed by atoms with van der Waals surface area (Å²) in [7, 11) is 0. The first-order valence-electron chi connectivity index (χ1n) is 9.37. The van der Waals surface area contributed by atoms with Gasteiger partial charge in [0.25, 0.3) is 5.91 Å². The largest absolute Gasteiger partial charge is 0.490 e. The fourth-order valence-electron chi connectivity index (χ4n) is 2.87. The maximum atomic E-state index is 12.0. The number of carbonyl (C=O) groups excluding carboxylic acids is 1. The van der Waals surface area contributed by atoms with Gasteiger partial charge in [0.2, 0.25) is 0 Å². The zero-order valence-electron chi connectivity index (χ0n) is 16.2. The average Bonchev–Trinajstić information content (AvgIpc) is 3.03. The monoisotopic (exact) mass is 491 g/mol. The molecule has 0 radical (unpaired) electrons. The molecule has 1 aliphatic heterocycles. The molecule has 0 aromatic heterocycles. The minimum atomic E-state index is -0.184. The summed E-state index contributed by atoms with van der Waals surface area (Å²) >= 11 is 9.77. The second-order valence-corrected chi connectivity index (χ2v) is 9.21. The van der Waals surface area contributed by atoms with E-state index >= 15 is 0 Å². The molecule has 1 fully saturated rings. The molecule has 152 valence electrons. The highest BCUT2D eigenvalue weighted by molar-refractivity contribution is 9.10. The lowest BCUT2D eigenvalue weighted by Gasteiger charge is -2.16. The molecule has 7 heteroatoms. The van der Waals surface area contributed by atoms with E-state index in [0.717, 1.165) is 22.2 Å². The Kier molecular flexibility index (Phi) is 7.75. The van der Waals surface area contributed by atoms with Gasteiger partial charge < -0.3 is 14.8 Å². The van der Waals surface area contributed by atoms with Crippen LogP contribution in [0.1, 0.15) is 37.3 Å². The summed E-state index contributed by atoms with van der Waals surface area (Å²) in [5.74, 6) is 1.84. The Morgan fingerprint density at radius 3 is 2.59 bits per heavy atom. The molecule has 29 heavy (non-hydrogen) atoms. The van der Waals surface area contributed by atoms with E-state index in [1.54, 1.807) is 6.08 Å². The van der Waals surface area contributed by atoms with Crippen LogP contribution in [0.3, 0.4) is 0 Å². The number of rotatable bonds is 8. The summed E-state index contributed by atoms with van der Waals surface area (Å²) in [5.41, 5.74) is 2.02. The Morgan fingerprint density at radius 2 is 1.90 bits per heavy atom. The first-order valence-corrected chi connectivity index (χ1v) is 11.4. The van der Waals surface area contributed by atoms with E-state index < -0.39 is 0 Å². The first kappa shape index (κ1) is 21.9. The molecule has 1 atom stereocenters. The zero-order valence-corrected chi connectivity index (χ0v) is 19.5. The van der Waals surface area contributed by atoms with Gasteiger partial charge in [-0.3, -0.25) is 4.79 Å². The van der Waals surface area contributed by atoms with Gasteiger partial charge >= 0.3 is 0 Å². The number of halogens is 1. The number of hydrogen-bond donors (Lipinski definition) is 1. The number of amides is 1. The summed E-state index contributed by atoms with van der Waals surface area (Å²) in [6.07, 6.45) is 2.85. The van der Waals surface area contributed by atoms with E-state index in [1.165, 1.54) is 17.3 Å². The second kappa shape index (κ2) is 10.3. The molecule has 0 unspecified atom stereocenters. The smallest absolute Gasteiger partial charge is 0.263 e. The van der Waals surface area contributed by atoms with Crippen LogP contribution < -0.4 is 14.8 Å². The van der Waals surface area contributed by atoms with Crippen molar-refractivity contribution >= 4 is 56.2 Å². The number of thiocarbonyl (C=S) groups is 1. The molecule has 1 N–H and O–H groups in total. The van der Waals surface area contributed by atoms with Gasteiger partial charge in [0.1, 0.15) is 29.0 Å². The van der Waals surface area contributed by atoms with Crippen molar-refractivity contribution in [3.63, 3.8) is 0 Å². The molecule has 1 aliphatic rings. The van der Waals surface area contributed by atoms with Crippen LogP contribution in [-0.2, 0) is 4.79 Å². The van der Waals surface area contributed by atoms with Crippen molar-refractivity contribution in [2.24, 2.45) is 0 Å². The van der Waals surface area contributed by atoms with E-state index in [4.69, 9.17) is 21.7 Å². The van der Waals surface area contributed by atoms with Crippen molar-refractivity contribution in [2.45, 2.75) is 26.2 Å². The maximum absolute atomic E-state index is 12.0. The molecule has 0 saturated carbocycles. The van der Waals surface area contributed by atoms with Crippen molar-refractivity contribution in [3.05, 3.63) is 63.0 Å². The highest BCUT2D eigenvalue weighted by atomic mass is 79.9. The topological polar surface area (TPSA) is 47.6 Å². The Hall–Kier alpha value is -1.83. The van der Waals surface area contributed by atoms with E-state index in [0.29, 0.717) is 34.1 Å². The van der Waals surface area contributed by atoms with Crippen LogP contribution in [0.2, 0.25) is 0 Å². The second-order valence-electron chi connectivity index (χ2n) is 6.58. The number of nitrogens with one attached hydrogen (secondary N) is 1. The van der Waals surface area contributed by atoms with Crippen LogP contribution in [0.25, 0.3) is 6.08 Å². The average molecular weight is 492 g/mol. The van der Waals surface area contributed by atoms with Gasteiger partial charge in [0.15, 0.2) is 0 Å². The van der Waals surface area contributed by atoms with Gasteiger partial charge in [0, 0.05) is 10.0 Å². The van der Waals surface area contributed by atoms with Gasteiger partial charge in [-0.2, -0.15) is 0 Å². The van der Waals surface area contributed by atoms with Crippen molar-refractivity contribution in [1.29, 1.82) is 0 Å². The third-order valence-corrected chi connectivity index (χ3v) is 6.22. The van der Waals surface area contributed by atoms with Gasteiger partial charge in [0.05, 0.1) is 4.91 Å². The quantitative estimate of drug-likeness (QED) is 0.282. The van der Waals surface area contributed by atoms with E-state index in [-0.39, 0.29) is 5.91 Å². The number of thioether (sulfide) groups is 1. The Balaban J connectivity index is 1.66. The molecule has 0 aliphatic carbocycles. The fourth-order valence-corrected chi connectivity index (χ4v) is 4.28. The van der Waals surface area contributed by atoms with Crippen molar-refractivity contribution in [1.82, 2.24) is 5.32 Å². The number of para-hydroxylation sites is 1. The number of benzene rings is 2.